The predicted octanol–water partition coefficient (Wildman–Crippen LogP) is 1.86. The third-order valence-electron chi connectivity index (χ3n) is 1.61. The van der Waals surface area contributed by atoms with Gasteiger partial charge in [-0.3, -0.25) is 4.68 Å². The zero-order valence-corrected chi connectivity index (χ0v) is 8.11. The normalized spacial score (nSPS) is 10.5. The summed E-state index contributed by atoms with van der Waals surface area (Å²) in [6.07, 6.45) is 2.12. The van der Waals surface area contributed by atoms with Crippen molar-refractivity contribution in [2.24, 2.45) is 0 Å². The smallest absolute Gasteiger partial charge is 0.0596 e. The Morgan fingerprint density at radius 3 is 2.73 bits per heavy atom. The summed E-state index contributed by atoms with van der Waals surface area (Å²) in [5, 5.41) is 4.35. The Morgan fingerprint density at radius 2 is 2.27 bits per heavy atom. The number of thioether (sulfide) groups is 1. The van der Waals surface area contributed by atoms with E-state index in [1.165, 1.54) is 5.69 Å². The van der Waals surface area contributed by atoms with Gasteiger partial charge in [0.1, 0.15) is 0 Å². The number of aryl methyl sites for hydroxylation is 3. The lowest BCUT2D eigenvalue weighted by Crippen LogP contribution is -2.04. The number of aromatic nitrogens is 2. The molecule has 0 amide bonds. The van der Waals surface area contributed by atoms with Crippen LogP contribution in [0.15, 0.2) is 6.07 Å². The lowest BCUT2D eigenvalue weighted by Gasteiger charge is -2.00. The van der Waals surface area contributed by atoms with Crippen LogP contribution in [-0.4, -0.2) is 21.8 Å². The molecule has 0 N–H and O–H groups in total. The summed E-state index contributed by atoms with van der Waals surface area (Å²) in [6.45, 7) is 5.16. The van der Waals surface area contributed by atoms with Gasteiger partial charge in [-0.25, -0.2) is 0 Å². The molecular weight excluding hydrogens is 156 g/mol. The fraction of sp³-hybridized carbons (Fsp3) is 0.625. The topological polar surface area (TPSA) is 17.8 Å². The average Bonchev–Trinajstić information content (AvgIpc) is 2.26. The van der Waals surface area contributed by atoms with E-state index >= 15 is 0 Å². The largest absolute Gasteiger partial charge is 0.269 e. The van der Waals surface area contributed by atoms with Gasteiger partial charge in [-0.2, -0.15) is 16.9 Å². The van der Waals surface area contributed by atoms with Crippen molar-refractivity contribution in [3.05, 3.63) is 17.5 Å². The van der Waals surface area contributed by atoms with Gasteiger partial charge in [-0.1, -0.05) is 0 Å². The van der Waals surface area contributed by atoms with E-state index in [4.69, 9.17) is 0 Å². The second kappa shape index (κ2) is 3.81. The van der Waals surface area contributed by atoms with Gasteiger partial charge in [0.05, 0.1) is 12.2 Å². The maximum atomic E-state index is 4.35. The molecule has 0 fully saturated rings. The highest BCUT2D eigenvalue weighted by Crippen LogP contribution is 2.03. The molecule has 1 rings (SSSR count). The zero-order valence-electron chi connectivity index (χ0n) is 7.29. The van der Waals surface area contributed by atoms with Gasteiger partial charge in [0.15, 0.2) is 0 Å². The molecule has 1 aromatic rings. The Balaban J connectivity index is 2.62. The van der Waals surface area contributed by atoms with E-state index in [1.54, 1.807) is 0 Å². The summed E-state index contributed by atoms with van der Waals surface area (Å²) in [5.41, 5.74) is 2.38. The van der Waals surface area contributed by atoms with E-state index in [2.05, 4.69) is 29.0 Å². The molecule has 0 aliphatic heterocycles. The van der Waals surface area contributed by atoms with Gasteiger partial charge in [0.2, 0.25) is 0 Å². The van der Waals surface area contributed by atoms with Crippen LogP contribution in [0.5, 0.6) is 0 Å². The van der Waals surface area contributed by atoms with Crippen molar-refractivity contribution in [3.8, 4) is 0 Å². The minimum absolute atomic E-state index is 1.03. The number of rotatable bonds is 3. The van der Waals surface area contributed by atoms with Gasteiger partial charge in [0, 0.05) is 11.4 Å². The highest BCUT2D eigenvalue weighted by atomic mass is 32.2. The van der Waals surface area contributed by atoms with Crippen molar-refractivity contribution >= 4 is 11.8 Å². The molecule has 0 radical (unpaired) electrons. The van der Waals surface area contributed by atoms with Crippen LogP contribution in [0.2, 0.25) is 0 Å². The van der Waals surface area contributed by atoms with Gasteiger partial charge in [-0.05, 0) is 26.2 Å². The van der Waals surface area contributed by atoms with Crippen molar-refractivity contribution in [1.29, 1.82) is 0 Å². The van der Waals surface area contributed by atoms with Crippen LogP contribution in [-0.2, 0) is 6.54 Å². The Morgan fingerprint density at radius 1 is 1.55 bits per heavy atom. The molecule has 3 heteroatoms. The Hall–Kier alpha value is -0.440. The summed E-state index contributed by atoms with van der Waals surface area (Å²) >= 11 is 1.85. The van der Waals surface area contributed by atoms with E-state index in [0.29, 0.717) is 0 Å². The van der Waals surface area contributed by atoms with E-state index < -0.39 is 0 Å². The minimum atomic E-state index is 1.03. The molecule has 62 valence electrons. The summed E-state index contributed by atoms with van der Waals surface area (Å²) in [7, 11) is 0. The van der Waals surface area contributed by atoms with Crippen molar-refractivity contribution in [3.63, 3.8) is 0 Å². The van der Waals surface area contributed by atoms with Crippen molar-refractivity contribution in [1.82, 2.24) is 9.78 Å². The standard InChI is InChI=1S/C8H14N2S/c1-7-6-8(2)10(9-7)4-5-11-3/h6H,4-5H2,1-3H3. The Kier molecular flexibility index (Phi) is 3.00. The molecule has 0 unspecified atom stereocenters. The van der Waals surface area contributed by atoms with Crippen molar-refractivity contribution in [2.75, 3.05) is 12.0 Å². The number of hydrogen-bond acceptors (Lipinski definition) is 2. The highest BCUT2D eigenvalue weighted by molar-refractivity contribution is 7.98. The van der Waals surface area contributed by atoms with Gasteiger partial charge in [0.25, 0.3) is 0 Å². The van der Waals surface area contributed by atoms with Gasteiger partial charge >= 0.3 is 0 Å². The first kappa shape index (κ1) is 8.65. The van der Waals surface area contributed by atoms with Crippen LogP contribution in [0.25, 0.3) is 0 Å². The van der Waals surface area contributed by atoms with E-state index in [9.17, 15) is 0 Å². The zero-order chi connectivity index (χ0) is 8.27. The van der Waals surface area contributed by atoms with E-state index in [1.807, 2.05) is 18.7 Å². The summed E-state index contributed by atoms with van der Waals surface area (Å²) in [5.74, 6) is 1.14. The van der Waals surface area contributed by atoms with Gasteiger partial charge < -0.3 is 0 Å². The SMILES string of the molecule is CSCCn1nc(C)cc1C. The summed E-state index contributed by atoms with van der Waals surface area (Å²) in [4.78, 5) is 0. The molecular formula is C8H14N2S. The molecule has 0 aliphatic rings. The molecule has 0 aliphatic carbocycles. The molecule has 1 aromatic heterocycles. The highest BCUT2D eigenvalue weighted by Gasteiger charge is 1.98. The lowest BCUT2D eigenvalue weighted by molar-refractivity contribution is 0.640. The third kappa shape index (κ3) is 2.26. The Bertz CT molecular complexity index is 230. The van der Waals surface area contributed by atoms with Crippen LogP contribution in [0.3, 0.4) is 0 Å². The van der Waals surface area contributed by atoms with Crippen molar-refractivity contribution < 1.29 is 0 Å². The first-order valence-corrected chi connectivity index (χ1v) is 5.13. The van der Waals surface area contributed by atoms with Crippen LogP contribution < -0.4 is 0 Å². The second-order valence-corrected chi connectivity index (χ2v) is 3.63. The molecule has 1 heterocycles. The molecule has 0 spiro atoms. The molecule has 0 bridgehead atoms. The summed E-state index contributed by atoms with van der Waals surface area (Å²) in [6, 6.07) is 2.11. The second-order valence-electron chi connectivity index (χ2n) is 2.64. The van der Waals surface area contributed by atoms with E-state index in [0.717, 1.165) is 18.0 Å². The first-order valence-electron chi connectivity index (χ1n) is 3.74. The summed E-state index contributed by atoms with van der Waals surface area (Å²) < 4.78 is 2.06. The number of hydrogen-bond donors (Lipinski definition) is 0. The van der Waals surface area contributed by atoms with Crippen LogP contribution in [0.4, 0.5) is 0 Å². The molecule has 11 heavy (non-hydrogen) atoms. The molecule has 2 nitrogen and oxygen atoms in total. The van der Waals surface area contributed by atoms with Crippen LogP contribution in [0, 0.1) is 13.8 Å². The monoisotopic (exact) mass is 170 g/mol. The lowest BCUT2D eigenvalue weighted by atomic mass is 10.4. The molecule has 0 saturated heterocycles. The average molecular weight is 170 g/mol. The first-order chi connectivity index (χ1) is 5.24. The quantitative estimate of drug-likeness (QED) is 0.689. The van der Waals surface area contributed by atoms with E-state index in [-0.39, 0.29) is 0 Å². The van der Waals surface area contributed by atoms with Crippen LogP contribution in [0.1, 0.15) is 11.4 Å². The molecule has 0 saturated carbocycles. The molecule has 0 atom stereocenters. The van der Waals surface area contributed by atoms with Crippen molar-refractivity contribution in [2.45, 2.75) is 20.4 Å². The third-order valence-corrected chi connectivity index (χ3v) is 2.20. The Labute approximate surface area is 72.0 Å². The van der Waals surface area contributed by atoms with Gasteiger partial charge in [-0.15, -0.1) is 0 Å². The maximum Gasteiger partial charge on any atom is 0.0596 e. The fourth-order valence-electron chi connectivity index (χ4n) is 1.08. The fourth-order valence-corrected chi connectivity index (χ4v) is 1.43. The number of nitrogens with zero attached hydrogens (tertiary/aromatic N) is 2. The predicted molar refractivity (Wildman–Crippen MR) is 50.1 cm³/mol. The maximum absolute atomic E-state index is 4.35. The minimum Gasteiger partial charge on any atom is -0.269 e. The molecule has 0 aromatic carbocycles. The van der Waals surface area contributed by atoms with Crippen LogP contribution >= 0.6 is 11.8 Å².